The Morgan fingerprint density at radius 2 is 1.20 bits per heavy atom. The Bertz CT molecular complexity index is 1660. The minimum atomic E-state index is -6.06. The van der Waals surface area contributed by atoms with Crippen molar-refractivity contribution in [3.8, 4) is 0 Å². The molecule has 0 amide bonds. The Hall–Kier alpha value is -1.49. The maximum atomic E-state index is 12.1. The molecule has 3 saturated heterocycles. The molecule has 33 heteroatoms. The van der Waals surface area contributed by atoms with Gasteiger partial charge in [0.25, 0.3) is 0 Å². The van der Waals surface area contributed by atoms with Gasteiger partial charge in [-0.15, -0.1) is 0 Å². The number of aliphatic hydroxyl groups excluding tert-OH is 6. The first-order chi connectivity index (χ1) is 23.1. The third kappa shape index (κ3) is 12.0. The van der Waals surface area contributed by atoms with E-state index in [2.05, 4.69) is 8.37 Å². The van der Waals surface area contributed by atoms with E-state index in [1.165, 1.54) is 4.72 Å². The van der Waals surface area contributed by atoms with Gasteiger partial charge in [-0.25, -0.2) is 43.1 Å². The molecule has 0 aromatic rings. The maximum Gasteiger partial charge on any atom is 0.218 e. The first kappa shape index (κ1) is 43.9. The number of hydrogen-bond donors (Lipinski definition) is 8. The number of aliphatic hydroxyl groups is 6. The molecular formula is C18H27N2O27S4-5. The fourth-order valence-electron chi connectivity index (χ4n) is 5.00. The predicted octanol–water partition coefficient (Wildman–Crippen LogP) is -11.7. The molecule has 3 rings (SSSR count). The quantitative estimate of drug-likeness (QED) is 0.0561. The van der Waals surface area contributed by atoms with Gasteiger partial charge in [-0.1, -0.05) is 0 Å². The van der Waals surface area contributed by atoms with Crippen LogP contribution in [0.3, 0.4) is 0 Å². The summed E-state index contributed by atoms with van der Waals surface area (Å²) < 4.78 is 172. The summed E-state index contributed by atoms with van der Waals surface area (Å²) in [7, 11) is -22.9. The van der Waals surface area contributed by atoms with E-state index in [1.54, 1.807) is 0 Å². The number of carboxylic acids is 1. The van der Waals surface area contributed by atoms with E-state index in [1.807, 2.05) is 0 Å². The van der Waals surface area contributed by atoms with Crippen molar-refractivity contribution in [1.29, 1.82) is 0 Å². The van der Waals surface area contributed by atoms with Gasteiger partial charge in [-0.3, -0.25) is 8.37 Å². The second-order valence-corrected chi connectivity index (χ2v) is 14.9. The van der Waals surface area contributed by atoms with Crippen molar-refractivity contribution in [2.24, 2.45) is 0 Å². The van der Waals surface area contributed by atoms with Gasteiger partial charge in [-0.05, 0) is 0 Å². The summed E-state index contributed by atoms with van der Waals surface area (Å²) >= 11 is 0. The zero-order valence-electron chi connectivity index (χ0n) is 24.5. The van der Waals surface area contributed by atoms with Crippen molar-refractivity contribution < 1.29 is 124 Å². The molecule has 3 aliphatic rings. The zero-order chi connectivity index (χ0) is 39.0. The Morgan fingerprint density at radius 1 is 0.647 bits per heavy atom. The van der Waals surface area contributed by atoms with Gasteiger partial charge in [0.05, 0.1) is 19.2 Å². The number of carbonyl (C=O) groups is 1. The lowest BCUT2D eigenvalue weighted by Gasteiger charge is -2.50. The summed E-state index contributed by atoms with van der Waals surface area (Å²) in [5, 5.41) is 74.0. The topological polar surface area (TPSA) is 479 Å². The average molecular weight is 832 g/mol. The highest BCUT2D eigenvalue weighted by molar-refractivity contribution is 7.84. The predicted molar refractivity (Wildman–Crippen MR) is 138 cm³/mol. The SMILES string of the molecule is O=C([O-])[C@@H]1O[C@@H](O[C@H]2[C@H](O)[C@@H](NS(=O)(=O)[O-])[C@@H](O)O[C@@H]2COS(=O)(=O)[O-])[C@H](OS(=O)(=O)[O-])[C@@H](O)[C@@H]1O[C@H]1O[C@H](CO)[C@@H](O)[C@H](O)[C@H]1NS(=O)(=O)[O-]. The largest absolute Gasteiger partial charge is 0.735 e. The van der Waals surface area contributed by atoms with E-state index in [4.69, 9.17) is 23.7 Å². The summed E-state index contributed by atoms with van der Waals surface area (Å²) in [6.45, 7) is -2.70. The molecule has 0 aliphatic carbocycles. The molecule has 0 bridgehead atoms. The lowest BCUT2D eigenvalue weighted by atomic mass is 9.95. The molecule has 3 aliphatic heterocycles. The summed E-state index contributed by atoms with van der Waals surface area (Å²) in [6, 6.07) is -4.84. The van der Waals surface area contributed by atoms with Crippen molar-refractivity contribution in [3.63, 3.8) is 0 Å². The van der Waals surface area contributed by atoms with Crippen molar-refractivity contribution in [1.82, 2.24) is 9.44 Å². The van der Waals surface area contributed by atoms with E-state index < -0.39 is 153 Å². The molecule has 51 heavy (non-hydrogen) atoms. The van der Waals surface area contributed by atoms with Crippen molar-refractivity contribution in [3.05, 3.63) is 0 Å². The molecule has 0 aromatic heterocycles. The van der Waals surface area contributed by atoms with Gasteiger partial charge in [0.1, 0.15) is 67.0 Å². The minimum Gasteiger partial charge on any atom is -0.735 e. The van der Waals surface area contributed by atoms with Crippen molar-refractivity contribution in [2.45, 2.75) is 92.0 Å². The Morgan fingerprint density at radius 3 is 1.69 bits per heavy atom. The summed E-state index contributed by atoms with van der Waals surface area (Å²) in [6.07, 6.45) is -33.2. The van der Waals surface area contributed by atoms with E-state index in [9.17, 15) is 92.4 Å². The van der Waals surface area contributed by atoms with Crippen LogP contribution in [0.4, 0.5) is 0 Å². The Kier molecular flexibility index (Phi) is 14.2. The fraction of sp³-hybridized carbons (Fsp3) is 0.944. The van der Waals surface area contributed by atoms with Crippen molar-refractivity contribution in [2.75, 3.05) is 13.2 Å². The molecule has 3 fully saturated rings. The zero-order valence-corrected chi connectivity index (χ0v) is 27.7. The van der Waals surface area contributed by atoms with Gasteiger partial charge in [0, 0.05) is 0 Å². The lowest BCUT2D eigenvalue weighted by Crippen LogP contribution is -2.70. The highest BCUT2D eigenvalue weighted by Gasteiger charge is 2.55. The van der Waals surface area contributed by atoms with Crippen LogP contribution >= 0.6 is 0 Å². The van der Waals surface area contributed by atoms with Crippen LogP contribution in [0.1, 0.15) is 0 Å². The van der Waals surface area contributed by atoms with Gasteiger partial charge in [0.15, 0.2) is 45.6 Å². The van der Waals surface area contributed by atoms with Gasteiger partial charge in [-0.2, -0.15) is 0 Å². The molecule has 300 valence electrons. The maximum absolute atomic E-state index is 12.1. The molecule has 0 unspecified atom stereocenters. The standard InChI is InChI=1S/C18H32N2O27S4/c21-1-3-7(22)8(23)6(20-49(32,33)34)17(43-3)45-12-10(25)13(47-51(38,39)40)18(46-14(12)15(26)27)44-11-4(2-41-50(35,36)37)42-16(28)5(9(11)24)19-48(29,30)31/h3-14,16-25,28H,1-2H2,(H,26,27)(H,29,30,31)(H,32,33,34)(H,35,36,37)(H,38,39,40)/p-5/t3-,4-,5-,6-,7-,8-,9-,10+,11-,12+,13-,14-,16+,17-,18-/m1/s1. The number of carbonyl (C=O) groups excluding carboxylic acids is 1. The first-order valence-electron chi connectivity index (χ1n) is 13.3. The lowest BCUT2D eigenvalue weighted by molar-refractivity contribution is -0.378. The van der Waals surface area contributed by atoms with Crippen LogP contribution in [0.15, 0.2) is 0 Å². The van der Waals surface area contributed by atoms with Gasteiger partial charge < -0.3 is 82.4 Å². The molecule has 0 aromatic carbocycles. The number of carboxylic acid groups (broad SMARTS) is 1. The molecule has 3 heterocycles. The molecule has 0 radical (unpaired) electrons. The number of aliphatic carboxylic acids is 1. The molecule has 8 N–H and O–H groups in total. The van der Waals surface area contributed by atoms with Crippen molar-refractivity contribution >= 4 is 47.4 Å². The van der Waals surface area contributed by atoms with E-state index in [0.29, 0.717) is 0 Å². The molecule has 15 atom stereocenters. The van der Waals surface area contributed by atoms with E-state index in [0.717, 1.165) is 4.72 Å². The third-order valence-corrected chi connectivity index (χ3v) is 9.08. The fourth-order valence-corrected chi connectivity index (χ4v) is 6.95. The summed E-state index contributed by atoms with van der Waals surface area (Å²) in [5.74, 6) is -2.45. The smallest absolute Gasteiger partial charge is 0.218 e. The Labute approximate surface area is 286 Å². The highest BCUT2D eigenvalue weighted by atomic mass is 32.3. The summed E-state index contributed by atoms with van der Waals surface area (Å²) in [5.41, 5.74) is 0. The summed E-state index contributed by atoms with van der Waals surface area (Å²) in [4.78, 5) is 12.1. The molecule has 29 nitrogen and oxygen atoms in total. The van der Waals surface area contributed by atoms with Crippen LogP contribution in [-0.4, -0.2) is 194 Å². The number of hydrogen-bond acceptors (Lipinski definition) is 27. The second kappa shape index (κ2) is 16.5. The van der Waals surface area contributed by atoms with Crippen LogP contribution in [0.5, 0.6) is 0 Å². The van der Waals surface area contributed by atoms with E-state index in [-0.39, 0.29) is 0 Å². The normalized spacial score (nSPS) is 40.2. The van der Waals surface area contributed by atoms with Gasteiger partial charge >= 0.3 is 0 Å². The average Bonchev–Trinajstić information content (AvgIpc) is 2.95. The molecule has 0 spiro atoms. The molecule has 0 saturated carbocycles. The van der Waals surface area contributed by atoms with Gasteiger partial charge in [0.2, 0.25) is 20.8 Å². The monoisotopic (exact) mass is 831 g/mol. The number of rotatable bonds is 15. The van der Waals surface area contributed by atoms with Crippen LogP contribution in [0.25, 0.3) is 0 Å². The number of nitrogens with one attached hydrogen (secondary N) is 2. The van der Waals surface area contributed by atoms with Crippen LogP contribution in [0, 0.1) is 0 Å². The second-order valence-electron chi connectivity index (χ2n) is 10.6. The molecular weight excluding hydrogens is 804 g/mol. The Balaban J connectivity index is 2.05. The minimum absolute atomic E-state index is 1.15. The highest BCUT2D eigenvalue weighted by Crippen LogP contribution is 2.34. The van der Waals surface area contributed by atoms with Crippen LogP contribution in [-0.2, 0) is 78.3 Å². The third-order valence-electron chi connectivity index (χ3n) is 7.08. The number of ether oxygens (including phenoxy) is 5. The van der Waals surface area contributed by atoms with Crippen LogP contribution < -0.4 is 14.6 Å². The van der Waals surface area contributed by atoms with E-state index >= 15 is 0 Å². The first-order valence-corrected chi connectivity index (χ1v) is 18.8. The van der Waals surface area contributed by atoms with Crippen LogP contribution in [0.2, 0.25) is 0 Å².